The second-order valence-electron chi connectivity index (χ2n) is 4.97. The highest BCUT2D eigenvalue weighted by atomic mass is 15.3. The Morgan fingerprint density at radius 3 is 2.58 bits per heavy atom. The number of nitrogens with one attached hydrogen (secondary N) is 1. The van der Waals surface area contributed by atoms with Gasteiger partial charge in [-0.05, 0) is 39.0 Å². The molecule has 1 N–H and O–H groups in total. The van der Waals surface area contributed by atoms with Crippen molar-refractivity contribution in [3.05, 3.63) is 12.2 Å². The van der Waals surface area contributed by atoms with Crippen molar-refractivity contribution < 1.29 is 0 Å². The number of hydrogen-bond acceptors (Lipinski definition) is 4. The maximum atomic E-state index is 4.33. The summed E-state index contributed by atoms with van der Waals surface area (Å²) in [7, 11) is 1.96. The van der Waals surface area contributed by atoms with Gasteiger partial charge in [-0.15, -0.1) is 0 Å². The summed E-state index contributed by atoms with van der Waals surface area (Å²) < 4.78 is 1.87. The van der Waals surface area contributed by atoms with Crippen LogP contribution in [0.1, 0.15) is 39.4 Å². The molecule has 0 saturated heterocycles. The van der Waals surface area contributed by atoms with E-state index in [2.05, 4.69) is 41.1 Å². The van der Waals surface area contributed by atoms with Gasteiger partial charge in [0.05, 0.1) is 0 Å². The number of hydrogen-bond donors (Lipinski definition) is 1. The van der Waals surface area contributed by atoms with Gasteiger partial charge in [0.1, 0.15) is 12.2 Å². The monoisotopic (exact) mass is 267 g/mol. The van der Waals surface area contributed by atoms with Gasteiger partial charge in [0.25, 0.3) is 0 Å². The molecule has 19 heavy (non-hydrogen) atoms. The number of aromatic nitrogens is 3. The zero-order valence-corrected chi connectivity index (χ0v) is 12.9. The lowest BCUT2D eigenvalue weighted by atomic mass is 10.1. The van der Waals surface area contributed by atoms with Crippen LogP contribution in [0.2, 0.25) is 0 Å². The average molecular weight is 267 g/mol. The second kappa shape index (κ2) is 9.04. The van der Waals surface area contributed by atoms with E-state index in [-0.39, 0.29) is 0 Å². The van der Waals surface area contributed by atoms with E-state index in [4.69, 9.17) is 0 Å². The molecule has 1 unspecified atom stereocenters. The van der Waals surface area contributed by atoms with E-state index >= 15 is 0 Å². The molecule has 1 atom stereocenters. The van der Waals surface area contributed by atoms with Crippen LogP contribution in [-0.4, -0.2) is 51.9 Å². The third-order valence-electron chi connectivity index (χ3n) is 3.61. The predicted molar refractivity (Wildman–Crippen MR) is 79.2 cm³/mol. The Hall–Kier alpha value is -0.940. The normalized spacial score (nSPS) is 13.1. The molecule has 0 amide bonds. The molecule has 0 radical (unpaired) electrons. The lowest BCUT2D eigenvalue weighted by Gasteiger charge is -2.23. The highest BCUT2D eigenvalue weighted by Gasteiger charge is 2.13. The van der Waals surface area contributed by atoms with E-state index in [0.717, 1.165) is 44.8 Å². The molecular weight excluding hydrogens is 238 g/mol. The first-order valence-electron chi connectivity index (χ1n) is 7.49. The molecule has 0 aliphatic heterocycles. The van der Waals surface area contributed by atoms with Crippen molar-refractivity contribution in [2.24, 2.45) is 7.05 Å². The van der Waals surface area contributed by atoms with Crippen molar-refractivity contribution in [1.82, 2.24) is 25.0 Å². The fraction of sp³-hybridized carbons (Fsp3) is 0.857. The smallest absolute Gasteiger partial charge is 0.138 e. The van der Waals surface area contributed by atoms with Crippen LogP contribution in [0.5, 0.6) is 0 Å². The summed E-state index contributed by atoms with van der Waals surface area (Å²) in [6.45, 7) is 11.1. The van der Waals surface area contributed by atoms with Crippen molar-refractivity contribution in [1.29, 1.82) is 0 Å². The van der Waals surface area contributed by atoms with Crippen LogP contribution in [0.25, 0.3) is 0 Å². The molecule has 5 heteroatoms. The van der Waals surface area contributed by atoms with Gasteiger partial charge in [-0.3, -0.25) is 4.68 Å². The number of nitrogens with zero attached hydrogens (tertiary/aromatic N) is 4. The van der Waals surface area contributed by atoms with Crippen LogP contribution < -0.4 is 5.32 Å². The van der Waals surface area contributed by atoms with Crippen LogP contribution in [0.3, 0.4) is 0 Å². The standard InChI is InChI=1S/C14H29N5/c1-5-9-15-13(8-10-19(6-2)7-3)11-14-16-12-17-18(14)4/h12-13,15H,5-11H2,1-4H3. The van der Waals surface area contributed by atoms with E-state index in [1.165, 1.54) is 6.42 Å². The van der Waals surface area contributed by atoms with Crippen molar-refractivity contribution >= 4 is 0 Å². The summed E-state index contributed by atoms with van der Waals surface area (Å²) in [6, 6.07) is 0.489. The van der Waals surface area contributed by atoms with Gasteiger partial charge in [0.2, 0.25) is 0 Å². The van der Waals surface area contributed by atoms with Gasteiger partial charge in [-0.2, -0.15) is 5.10 Å². The van der Waals surface area contributed by atoms with Crippen molar-refractivity contribution in [2.45, 2.75) is 46.1 Å². The molecule has 1 aromatic heterocycles. The zero-order valence-electron chi connectivity index (χ0n) is 12.9. The van der Waals surface area contributed by atoms with Gasteiger partial charge >= 0.3 is 0 Å². The van der Waals surface area contributed by atoms with E-state index in [9.17, 15) is 0 Å². The topological polar surface area (TPSA) is 46.0 Å². The molecule has 0 spiro atoms. The molecule has 0 aliphatic carbocycles. The SMILES string of the molecule is CCCNC(CCN(CC)CC)Cc1ncnn1C. The largest absolute Gasteiger partial charge is 0.313 e. The molecule has 1 aromatic rings. The Morgan fingerprint density at radius 1 is 1.32 bits per heavy atom. The molecular formula is C14H29N5. The Kier molecular flexibility index (Phi) is 7.67. The Labute approximate surface area is 117 Å². The Morgan fingerprint density at radius 2 is 2.05 bits per heavy atom. The summed E-state index contributed by atoms with van der Waals surface area (Å²) in [4.78, 5) is 6.80. The van der Waals surface area contributed by atoms with E-state index < -0.39 is 0 Å². The highest BCUT2D eigenvalue weighted by molar-refractivity contribution is 4.89. The molecule has 0 saturated carbocycles. The fourth-order valence-electron chi connectivity index (χ4n) is 2.23. The summed E-state index contributed by atoms with van der Waals surface area (Å²) in [5.41, 5.74) is 0. The molecule has 1 heterocycles. The first kappa shape index (κ1) is 16.1. The van der Waals surface area contributed by atoms with E-state index in [1.54, 1.807) is 6.33 Å². The predicted octanol–water partition coefficient (Wildman–Crippen LogP) is 1.46. The Bertz CT molecular complexity index is 332. The maximum Gasteiger partial charge on any atom is 0.138 e. The van der Waals surface area contributed by atoms with E-state index in [0.29, 0.717) is 6.04 Å². The third kappa shape index (κ3) is 5.70. The lowest BCUT2D eigenvalue weighted by molar-refractivity contribution is 0.279. The lowest BCUT2D eigenvalue weighted by Crippen LogP contribution is -2.37. The van der Waals surface area contributed by atoms with Crippen LogP contribution in [0, 0.1) is 0 Å². The van der Waals surface area contributed by atoms with Gasteiger partial charge in [-0.25, -0.2) is 4.98 Å². The van der Waals surface area contributed by atoms with Crippen LogP contribution in [-0.2, 0) is 13.5 Å². The van der Waals surface area contributed by atoms with Gasteiger partial charge in [0.15, 0.2) is 0 Å². The molecule has 0 bridgehead atoms. The minimum atomic E-state index is 0.489. The summed E-state index contributed by atoms with van der Waals surface area (Å²) in [5.74, 6) is 1.06. The third-order valence-corrected chi connectivity index (χ3v) is 3.61. The molecule has 1 rings (SSSR count). The quantitative estimate of drug-likeness (QED) is 0.697. The molecule has 0 fully saturated rings. The van der Waals surface area contributed by atoms with Gasteiger partial charge in [0, 0.05) is 19.5 Å². The van der Waals surface area contributed by atoms with Crippen molar-refractivity contribution in [3.8, 4) is 0 Å². The first-order chi connectivity index (χ1) is 9.21. The molecule has 5 nitrogen and oxygen atoms in total. The van der Waals surface area contributed by atoms with Gasteiger partial charge < -0.3 is 10.2 Å². The Balaban J connectivity index is 2.49. The molecule has 0 aliphatic rings. The van der Waals surface area contributed by atoms with Crippen LogP contribution in [0.4, 0.5) is 0 Å². The number of aryl methyl sites for hydroxylation is 1. The fourth-order valence-corrected chi connectivity index (χ4v) is 2.23. The minimum absolute atomic E-state index is 0.489. The maximum absolute atomic E-state index is 4.33. The molecule has 0 aromatic carbocycles. The average Bonchev–Trinajstić information content (AvgIpc) is 2.82. The summed E-state index contributed by atoms with van der Waals surface area (Å²) in [5, 5.41) is 7.78. The summed E-state index contributed by atoms with van der Waals surface area (Å²) in [6.07, 6.45) is 4.92. The van der Waals surface area contributed by atoms with Gasteiger partial charge in [-0.1, -0.05) is 20.8 Å². The summed E-state index contributed by atoms with van der Waals surface area (Å²) >= 11 is 0. The van der Waals surface area contributed by atoms with Crippen molar-refractivity contribution in [3.63, 3.8) is 0 Å². The second-order valence-corrected chi connectivity index (χ2v) is 4.97. The first-order valence-corrected chi connectivity index (χ1v) is 7.49. The van der Waals surface area contributed by atoms with Crippen LogP contribution >= 0.6 is 0 Å². The zero-order chi connectivity index (χ0) is 14.1. The van der Waals surface area contributed by atoms with E-state index in [1.807, 2.05) is 11.7 Å². The minimum Gasteiger partial charge on any atom is -0.313 e. The number of rotatable bonds is 10. The van der Waals surface area contributed by atoms with Crippen molar-refractivity contribution in [2.75, 3.05) is 26.2 Å². The molecule has 110 valence electrons. The van der Waals surface area contributed by atoms with Crippen LogP contribution in [0.15, 0.2) is 6.33 Å². The highest BCUT2D eigenvalue weighted by Crippen LogP contribution is 2.04.